The van der Waals surface area contributed by atoms with Crippen LogP contribution in [0.5, 0.6) is 0 Å². The van der Waals surface area contributed by atoms with E-state index in [4.69, 9.17) is 5.73 Å². The Balaban J connectivity index is 2.98. The van der Waals surface area contributed by atoms with E-state index in [2.05, 4.69) is 0 Å². The zero-order chi connectivity index (χ0) is 9.84. The molecule has 0 heterocycles. The Morgan fingerprint density at radius 3 is 2.69 bits per heavy atom. The molecule has 2 N–H and O–H groups in total. The molecule has 0 spiro atoms. The van der Waals surface area contributed by atoms with Gasteiger partial charge in [0, 0.05) is 25.3 Å². The van der Waals surface area contributed by atoms with Crippen molar-refractivity contribution >= 4 is 11.5 Å². The third-order valence-electron chi connectivity index (χ3n) is 1.87. The maximum atomic E-state index is 11.2. The van der Waals surface area contributed by atoms with E-state index in [0.717, 1.165) is 5.69 Å². The highest BCUT2D eigenvalue weighted by Crippen LogP contribution is 2.13. The molecule has 0 bridgehead atoms. The normalized spacial score (nSPS) is 9.77. The van der Waals surface area contributed by atoms with Gasteiger partial charge >= 0.3 is 0 Å². The second-order valence-electron chi connectivity index (χ2n) is 3.07. The van der Waals surface area contributed by atoms with Crippen molar-refractivity contribution in [3.63, 3.8) is 0 Å². The fraction of sp³-hybridized carbons (Fsp3) is 0.300. The molecule has 3 nitrogen and oxygen atoms in total. The van der Waals surface area contributed by atoms with Crippen LogP contribution in [0.25, 0.3) is 0 Å². The van der Waals surface area contributed by atoms with Gasteiger partial charge in [0.05, 0.1) is 6.54 Å². The summed E-state index contributed by atoms with van der Waals surface area (Å²) in [5, 5.41) is 0. The first-order chi connectivity index (χ1) is 6.15. The average molecular weight is 178 g/mol. The van der Waals surface area contributed by atoms with Crippen LogP contribution >= 0.6 is 0 Å². The quantitative estimate of drug-likeness (QED) is 0.699. The van der Waals surface area contributed by atoms with Crippen molar-refractivity contribution in [2.24, 2.45) is 5.73 Å². The molecular formula is C10H14N2O. The van der Waals surface area contributed by atoms with E-state index in [9.17, 15) is 4.79 Å². The first kappa shape index (κ1) is 9.74. The summed E-state index contributed by atoms with van der Waals surface area (Å²) in [6, 6.07) is 7.43. The van der Waals surface area contributed by atoms with E-state index in [-0.39, 0.29) is 12.3 Å². The number of Topliss-reactive ketones (excluding diaryl/α,β-unsaturated/α-hetero) is 1. The lowest BCUT2D eigenvalue weighted by Gasteiger charge is -2.12. The van der Waals surface area contributed by atoms with Crippen molar-refractivity contribution in [3.05, 3.63) is 29.8 Å². The number of nitrogens with zero attached hydrogens (tertiary/aromatic N) is 1. The minimum atomic E-state index is -0.0244. The largest absolute Gasteiger partial charge is 0.378 e. The molecule has 0 aromatic heterocycles. The van der Waals surface area contributed by atoms with E-state index < -0.39 is 0 Å². The molecule has 1 aromatic carbocycles. The monoisotopic (exact) mass is 178 g/mol. The number of benzene rings is 1. The number of nitrogens with two attached hydrogens (primary N) is 1. The third-order valence-corrected chi connectivity index (χ3v) is 1.87. The van der Waals surface area contributed by atoms with Gasteiger partial charge in [-0.05, 0) is 12.1 Å². The molecule has 0 saturated carbocycles. The van der Waals surface area contributed by atoms with Crippen molar-refractivity contribution < 1.29 is 4.79 Å². The standard InChI is InChI=1S/C10H14N2O/c1-12(2)9-5-3-4-8(6-9)10(13)7-11/h3-6H,7,11H2,1-2H3. The average Bonchev–Trinajstić information content (AvgIpc) is 2.17. The van der Waals surface area contributed by atoms with E-state index in [1.165, 1.54) is 0 Å². The molecule has 0 radical (unpaired) electrons. The van der Waals surface area contributed by atoms with Crippen LogP contribution in [0.3, 0.4) is 0 Å². The van der Waals surface area contributed by atoms with Crippen LogP contribution in [0.15, 0.2) is 24.3 Å². The predicted octanol–water partition coefficient (Wildman–Crippen LogP) is 0.894. The second kappa shape index (κ2) is 4.05. The molecule has 0 aliphatic rings. The van der Waals surface area contributed by atoms with Crippen molar-refractivity contribution in [1.82, 2.24) is 0 Å². The molecule has 1 aromatic rings. The molecule has 0 aliphatic carbocycles. The number of carbonyl (C=O) groups excluding carboxylic acids is 1. The van der Waals surface area contributed by atoms with E-state index >= 15 is 0 Å². The summed E-state index contributed by atoms with van der Waals surface area (Å²) in [6.07, 6.45) is 0. The Kier molecular flexibility index (Phi) is 3.03. The number of ketones is 1. The zero-order valence-electron chi connectivity index (χ0n) is 7.95. The summed E-state index contributed by atoms with van der Waals surface area (Å²) in [4.78, 5) is 13.2. The molecule has 0 amide bonds. The van der Waals surface area contributed by atoms with Gasteiger partial charge < -0.3 is 10.6 Å². The van der Waals surface area contributed by atoms with E-state index in [0.29, 0.717) is 5.56 Å². The number of hydrogen-bond donors (Lipinski definition) is 1. The minimum Gasteiger partial charge on any atom is -0.378 e. The van der Waals surface area contributed by atoms with Gasteiger partial charge in [-0.1, -0.05) is 12.1 Å². The predicted molar refractivity (Wildman–Crippen MR) is 54.2 cm³/mol. The summed E-state index contributed by atoms with van der Waals surface area (Å²) in [7, 11) is 3.87. The molecule has 0 unspecified atom stereocenters. The van der Waals surface area contributed by atoms with Gasteiger partial charge in [-0.15, -0.1) is 0 Å². The molecule has 70 valence electrons. The Hall–Kier alpha value is -1.35. The Labute approximate surface area is 78.2 Å². The van der Waals surface area contributed by atoms with E-state index in [1.807, 2.05) is 37.2 Å². The number of anilines is 1. The van der Waals surface area contributed by atoms with Gasteiger partial charge in [0.15, 0.2) is 5.78 Å². The lowest BCUT2D eigenvalue weighted by atomic mass is 10.1. The fourth-order valence-corrected chi connectivity index (χ4v) is 1.08. The molecule has 0 aliphatic heterocycles. The van der Waals surface area contributed by atoms with Gasteiger partial charge in [-0.25, -0.2) is 0 Å². The van der Waals surface area contributed by atoms with Crippen molar-refractivity contribution in [3.8, 4) is 0 Å². The summed E-state index contributed by atoms with van der Waals surface area (Å²) in [6.45, 7) is 0.0664. The molecule has 1 rings (SSSR count). The maximum Gasteiger partial charge on any atom is 0.176 e. The van der Waals surface area contributed by atoms with Crippen LogP contribution in [-0.4, -0.2) is 26.4 Å². The van der Waals surface area contributed by atoms with Gasteiger partial charge in [0.25, 0.3) is 0 Å². The van der Waals surface area contributed by atoms with Crippen LogP contribution in [-0.2, 0) is 0 Å². The van der Waals surface area contributed by atoms with Crippen LogP contribution in [0, 0.1) is 0 Å². The number of rotatable bonds is 3. The number of hydrogen-bond acceptors (Lipinski definition) is 3. The Morgan fingerprint density at radius 1 is 1.46 bits per heavy atom. The molecule has 0 atom stereocenters. The lowest BCUT2D eigenvalue weighted by Crippen LogP contribution is -2.15. The highest BCUT2D eigenvalue weighted by atomic mass is 16.1. The second-order valence-corrected chi connectivity index (χ2v) is 3.07. The summed E-state index contributed by atoms with van der Waals surface area (Å²) in [5.41, 5.74) is 6.96. The molecule has 3 heteroatoms. The topological polar surface area (TPSA) is 46.3 Å². The highest BCUT2D eigenvalue weighted by Gasteiger charge is 2.03. The first-order valence-electron chi connectivity index (χ1n) is 4.16. The zero-order valence-corrected chi connectivity index (χ0v) is 7.95. The number of carbonyl (C=O) groups is 1. The van der Waals surface area contributed by atoms with Crippen molar-refractivity contribution in [2.75, 3.05) is 25.5 Å². The van der Waals surface area contributed by atoms with Gasteiger partial charge in [0.1, 0.15) is 0 Å². The summed E-state index contributed by atoms with van der Waals surface area (Å²) < 4.78 is 0. The van der Waals surface area contributed by atoms with Crippen molar-refractivity contribution in [1.29, 1.82) is 0 Å². The Bertz CT molecular complexity index is 308. The van der Waals surface area contributed by atoms with Gasteiger partial charge in [0.2, 0.25) is 0 Å². The SMILES string of the molecule is CN(C)c1cccc(C(=O)CN)c1. The Morgan fingerprint density at radius 2 is 2.15 bits per heavy atom. The summed E-state index contributed by atoms with van der Waals surface area (Å²) >= 11 is 0. The van der Waals surface area contributed by atoms with Crippen LogP contribution < -0.4 is 10.6 Å². The van der Waals surface area contributed by atoms with Crippen LogP contribution in [0.1, 0.15) is 10.4 Å². The third kappa shape index (κ3) is 2.29. The highest BCUT2D eigenvalue weighted by molar-refractivity contribution is 5.98. The molecule has 0 fully saturated rings. The van der Waals surface area contributed by atoms with Gasteiger partial charge in [-0.2, -0.15) is 0 Å². The minimum absolute atomic E-state index is 0.0244. The maximum absolute atomic E-state index is 11.2. The lowest BCUT2D eigenvalue weighted by molar-refractivity contribution is 0.100. The molecule has 13 heavy (non-hydrogen) atoms. The first-order valence-corrected chi connectivity index (χ1v) is 4.16. The van der Waals surface area contributed by atoms with Crippen LogP contribution in [0.2, 0.25) is 0 Å². The van der Waals surface area contributed by atoms with E-state index in [1.54, 1.807) is 6.07 Å². The molecule has 0 saturated heterocycles. The summed E-state index contributed by atoms with van der Waals surface area (Å²) in [5.74, 6) is -0.0244. The van der Waals surface area contributed by atoms with Crippen LogP contribution in [0.4, 0.5) is 5.69 Å². The molecular weight excluding hydrogens is 164 g/mol. The van der Waals surface area contributed by atoms with Gasteiger partial charge in [-0.3, -0.25) is 4.79 Å². The fourth-order valence-electron chi connectivity index (χ4n) is 1.08. The smallest absolute Gasteiger partial charge is 0.176 e. The van der Waals surface area contributed by atoms with Crippen molar-refractivity contribution in [2.45, 2.75) is 0 Å².